The van der Waals surface area contributed by atoms with Crippen molar-refractivity contribution in [3.05, 3.63) is 29.8 Å². The first-order valence-corrected chi connectivity index (χ1v) is 6.18. The molecule has 0 atom stereocenters. The molecule has 0 aliphatic heterocycles. The molecule has 0 spiro atoms. The van der Waals surface area contributed by atoms with Gasteiger partial charge in [0, 0.05) is 12.6 Å². The Morgan fingerprint density at radius 1 is 1.37 bits per heavy atom. The fourth-order valence-corrected chi connectivity index (χ4v) is 1.62. The van der Waals surface area contributed by atoms with E-state index < -0.39 is 11.9 Å². The number of benzene rings is 1. The fraction of sp³-hybridized carbons (Fsp3) is 0.385. The highest BCUT2D eigenvalue weighted by Crippen LogP contribution is 2.20. The summed E-state index contributed by atoms with van der Waals surface area (Å²) < 4.78 is 5.28. The third-order valence-corrected chi connectivity index (χ3v) is 2.70. The van der Waals surface area contributed by atoms with Crippen LogP contribution in [0.15, 0.2) is 24.3 Å². The number of ether oxygens (including phenoxy) is 1. The van der Waals surface area contributed by atoms with Gasteiger partial charge in [0.15, 0.2) is 6.61 Å². The molecule has 0 saturated heterocycles. The number of amides is 3. The van der Waals surface area contributed by atoms with Crippen molar-refractivity contribution in [2.24, 2.45) is 5.73 Å². The molecule has 0 unspecified atom stereocenters. The van der Waals surface area contributed by atoms with Gasteiger partial charge in [0.05, 0.1) is 0 Å². The molecule has 1 aliphatic rings. The zero-order valence-electron chi connectivity index (χ0n) is 10.5. The normalized spacial score (nSPS) is 13.9. The van der Waals surface area contributed by atoms with Crippen LogP contribution in [0.2, 0.25) is 0 Å². The summed E-state index contributed by atoms with van der Waals surface area (Å²) in [5.74, 6) is 0.0312. The van der Waals surface area contributed by atoms with Gasteiger partial charge in [-0.1, -0.05) is 12.1 Å². The van der Waals surface area contributed by atoms with Gasteiger partial charge in [-0.05, 0) is 30.5 Å². The Morgan fingerprint density at radius 3 is 2.84 bits per heavy atom. The molecule has 0 aromatic heterocycles. The van der Waals surface area contributed by atoms with Crippen molar-refractivity contribution in [3.63, 3.8) is 0 Å². The van der Waals surface area contributed by atoms with Crippen LogP contribution in [0.25, 0.3) is 0 Å². The summed E-state index contributed by atoms with van der Waals surface area (Å²) in [5, 5.41) is 5.33. The van der Waals surface area contributed by atoms with E-state index in [4.69, 9.17) is 10.5 Å². The summed E-state index contributed by atoms with van der Waals surface area (Å²) in [6.45, 7) is 0.553. The average molecular weight is 263 g/mol. The number of hydrogen-bond donors (Lipinski definition) is 3. The lowest BCUT2D eigenvalue weighted by atomic mass is 10.2. The molecule has 19 heavy (non-hydrogen) atoms. The number of rotatable bonds is 6. The highest BCUT2D eigenvalue weighted by atomic mass is 16.5. The van der Waals surface area contributed by atoms with Crippen LogP contribution in [0.1, 0.15) is 18.4 Å². The Bertz CT molecular complexity index is 472. The molecule has 0 heterocycles. The van der Waals surface area contributed by atoms with Gasteiger partial charge in [0.2, 0.25) is 0 Å². The third-order valence-electron chi connectivity index (χ3n) is 2.70. The Morgan fingerprint density at radius 2 is 2.16 bits per heavy atom. The molecule has 0 radical (unpaired) electrons. The average Bonchev–Trinajstić information content (AvgIpc) is 3.18. The fourth-order valence-electron chi connectivity index (χ4n) is 1.62. The predicted molar refractivity (Wildman–Crippen MR) is 69.5 cm³/mol. The van der Waals surface area contributed by atoms with Gasteiger partial charge < -0.3 is 15.8 Å². The van der Waals surface area contributed by atoms with Crippen molar-refractivity contribution in [2.45, 2.75) is 25.4 Å². The van der Waals surface area contributed by atoms with Gasteiger partial charge >= 0.3 is 6.03 Å². The SMILES string of the molecule is NC(=O)NC(=O)COc1cccc(CNC2CC2)c1. The predicted octanol–water partition coefficient (Wildman–Crippen LogP) is 0.512. The van der Waals surface area contributed by atoms with E-state index in [-0.39, 0.29) is 6.61 Å². The molecular weight excluding hydrogens is 246 g/mol. The summed E-state index contributed by atoms with van der Waals surface area (Å²) in [6.07, 6.45) is 2.48. The highest BCUT2D eigenvalue weighted by molar-refractivity contribution is 5.94. The Balaban J connectivity index is 1.80. The standard InChI is InChI=1S/C13H17N3O3/c14-13(18)16-12(17)8-19-11-3-1-2-9(6-11)7-15-10-4-5-10/h1-3,6,10,15H,4-5,7-8H2,(H3,14,16,17,18). The summed E-state index contributed by atoms with van der Waals surface area (Å²) in [7, 11) is 0. The molecule has 1 aromatic carbocycles. The van der Waals surface area contributed by atoms with Gasteiger partial charge in [-0.3, -0.25) is 10.1 Å². The monoisotopic (exact) mass is 263 g/mol. The van der Waals surface area contributed by atoms with Crippen LogP contribution in [0.3, 0.4) is 0 Å². The maximum atomic E-state index is 11.2. The molecular formula is C13H17N3O3. The lowest BCUT2D eigenvalue weighted by Gasteiger charge is -2.08. The number of primary amides is 1. The minimum absolute atomic E-state index is 0.234. The Kier molecular flexibility index (Phi) is 4.35. The minimum atomic E-state index is -0.879. The summed E-state index contributed by atoms with van der Waals surface area (Å²) in [4.78, 5) is 21.6. The van der Waals surface area contributed by atoms with Crippen molar-refractivity contribution in [2.75, 3.05) is 6.61 Å². The maximum absolute atomic E-state index is 11.2. The zero-order chi connectivity index (χ0) is 13.7. The third kappa shape index (κ3) is 4.97. The van der Waals surface area contributed by atoms with E-state index in [0.717, 1.165) is 12.1 Å². The zero-order valence-corrected chi connectivity index (χ0v) is 10.5. The van der Waals surface area contributed by atoms with Crippen LogP contribution >= 0.6 is 0 Å². The van der Waals surface area contributed by atoms with Gasteiger partial charge in [0.1, 0.15) is 5.75 Å². The number of carbonyl (C=O) groups excluding carboxylic acids is 2. The van der Waals surface area contributed by atoms with Crippen molar-refractivity contribution in [3.8, 4) is 5.75 Å². The van der Waals surface area contributed by atoms with E-state index in [1.54, 1.807) is 6.07 Å². The number of urea groups is 1. The Labute approximate surface area is 111 Å². The van der Waals surface area contributed by atoms with Gasteiger partial charge in [-0.15, -0.1) is 0 Å². The Hall–Kier alpha value is -2.08. The first kappa shape index (κ1) is 13.4. The number of imide groups is 1. The quantitative estimate of drug-likeness (QED) is 0.697. The lowest BCUT2D eigenvalue weighted by molar-refractivity contribution is -0.121. The first-order valence-electron chi connectivity index (χ1n) is 6.18. The van der Waals surface area contributed by atoms with Crippen LogP contribution in [-0.4, -0.2) is 24.6 Å². The highest BCUT2D eigenvalue weighted by Gasteiger charge is 2.19. The van der Waals surface area contributed by atoms with Gasteiger partial charge in [-0.2, -0.15) is 0 Å². The van der Waals surface area contributed by atoms with E-state index in [1.165, 1.54) is 12.8 Å². The summed E-state index contributed by atoms with van der Waals surface area (Å²) in [5.41, 5.74) is 5.92. The number of carbonyl (C=O) groups is 2. The molecule has 2 rings (SSSR count). The van der Waals surface area contributed by atoms with Crippen molar-refractivity contribution < 1.29 is 14.3 Å². The van der Waals surface area contributed by atoms with Gasteiger partial charge in [-0.25, -0.2) is 4.79 Å². The van der Waals surface area contributed by atoms with Crippen LogP contribution < -0.4 is 21.1 Å². The summed E-state index contributed by atoms with van der Waals surface area (Å²) in [6, 6.07) is 7.25. The van der Waals surface area contributed by atoms with Crippen molar-refractivity contribution >= 4 is 11.9 Å². The van der Waals surface area contributed by atoms with Crippen LogP contribution in [0, 0.1) is 0 Å². The molecule has 1 fully saturated rings. The maximum Gasteiger partial charge on any atom is 0.318 e. The molecule has 1 aliphatic carbocycles. The van der Waals surface area contributed by atoms with E-state index in [0.29, 0.717) is 11.8 Å². The molecule has 6 nitrogen and oxygen atoms in total. The lowest BCUT2D eigenvalue weighted by Crippen LogP contribution is -2.38. The molecule has 102 valence electrons. The number of nitrogens with one attached hydrogen (secondary N) is 2. The van der Waals surface area contributed by atoms with Crippen LogP contribution in [-0.2, 0) is 11.3 Å². The molecule has 0 bridgehead atoms. The molecule has 3 amide bonds. The van der Waals surface area contributed by atoms with E-state index in [9.17, 15) is 9.59 Å². The summed E-state index contributed by atoms with van der Waals surface area (Å²) >= 11 is 0. The van der Waals surface area contributed by atoms with E-state index in [2.05, 4.69) is 5.32 Å². The minimum Gasteiger partial charge on any atom is -0.484 e. The van der Waals surface area contributed by atoms with Crippen LogP contribution in [0.5, 0.6) is 5.75 Å². The second kappa shape index (κ2) is 6.19. The second-order valence-electron chi connectivity index (χ2n) is 4.50. The number of hydrogen-bond acceptors (Lipinski definition) is 4. The molecule has 1 saturated carbocycles. The van der Waals surface area contributed by atoms with Crippen molar-refractivity contribution in [1.82, 2.24) is 10.6 Å². The molecule has 6 heteroatoms. The largest absolute Gasteiger partial charge is 0.484 e. The smallest absolute Gasteiger partial charge is 0.318 e. The topological polar surface area (TPSA) is 93.5 Å². The number of nitrogens with two attached hydrogens (primary N) is 1. The molecule has 1 aromatic rings. The molecule has 4 N–H and O–H groups in total. The van der Waals surface area contributed by atoms with E-state index >= 15 is 0 Å². The van der Waals surface area contributed by atoms with Crippen molar-refractivity contribution in [1.29, 1.82) is 0 Å². The van der Waals surface area contributed by atoms with E-state index in [1.807, 2.05) is 23.5 Å². The van der Waals surface area contributed by atoms with Gasteiger partial charge in [0.25, 0.3) is 5.91 Å². The van der Waals surface area contributed by atoms with Crippen LogP contribution in [0.4, 0.5) is 4.79 Å². The second-order valence-corrected chi connectivity index (χ2v) is 4.50. The first-order chi connectivity index (χ1) is 9.13.